The van der Waals surface area contributed by atoms with Crippen molar-refractivity contribution in [3.05, 3.63) is 45.7 Å². The van der Waals surface area contributed by atoms with Crippen LogP contribution in [-0.2, 0) is 0 Å². The monoisotopic (exact) mass is 261 g/mol. The van der Waals surface area contributed by atoms with E-state index in [0.29, 0.717) is 11.3 Å². The fraction of sp³-hybridized carbons (Fsp3) is 0.231. The summed E-state index contributed by atoms with van der Waals surface area (Å²) in [6.45, 7) is 3.94. The number of aryl methyl sites for hydroxylation is 1. The van der Waals surface area contributed by atoms with E-state index in [4.69, 9.17) is 5.26 Å². The summed E-state index contributed by atoms with van der Waals surface area (Å²) in [5.74, 6) is -0.418. The van der Waals surface area contributed by atoms with E-state index in [1.807, 2.05) is 26.1 Å². The van der Waals surface area contributed by atoms with E-state index >= 15 is 0 Å². The molecule has 1 aromatic carbocycles. The number of rotatable bonds is 3. The van der Waals surface area contributed by atoms with Crippen molar-refractivity contribution >= 4 is 17.0 Å². The van der Waals surface area contributed by atoms with Crippen molar-refractivity contribution in [1.82, 2.24) is 4.98 Å². The molecule has 0 saturated heterocycles. The van der Waals surface area contributed by atoms with Crippen LogP contribution < -0.4 is 5.32 Å². The minimum atomic E-state index is -0.418. The van der Waals surface area contributed by atoms with E-state index < -0.39 is 5.82 Å². The van der Waals surface area contributed by atoms with E-state index in [0.717, 1.165) is 9.88 Å². The highest BCUT2D eigenvalue weighted by molar-refractivity contribution is 7.11. The highest BCUT2D eigenvalue weighted by atomic mass is 32.1. The SMILES string of the molecule is Cc1cnc(C(C)Nc2cc(F)cc(C#N)c2)s1. The molecule has 18 heavy (non-hydrogen) atoms. The van der Waals surface area contributed by atoms with Crippen molar-refractivity contribution in [1.29, 1.82) is 5.26 Å². The first kappa shape index (κ1) is 12.5. The second kappa shape index (κ2) is 5.15. The first-order valence-corrected chi connectivity index (χ1v) is 6.29. The molecule has 0 spiro atoms. The summed E-state index contributed by atoms with van der Waals surface area (Å²) >= 11 is 1.60. The molecule has 1 unspecified atom stereocenters. The van der Waals surface area contributed by atoms with Gasteiger partial charge in [0.15, 0.2) is 0 Å². The Hall–Kier alpha value is -1.93. The number of nitriles is 1. The van der Waals surface area contributed by atoms with Gasteiger partial charge in [0.05, 0.1) is 17.7 Å². The third-order valence-corrected chi connectivity index (χ3v) is 3.52. The van der Waals surface area contributed by atoms with Crippen LogP contribution in [0.25, 0.3) is 0 Å². The molecule has 2 aromatic rings. The fourth-order valence-electron chi connectivity index (χ4n) is 1.62. The van der Waals surface area contributed by atoms with Gasteiger partial charge in [0.2, 0.25) is 0 Å². The summed E-state index contributed by atoms with van der Waals surface area (Å²) in [6.07, 6.45) is 1.81. The maximum absolute atomic E-state index is 13.3. The number of anilines is 1. The predicted molar refractivity (Wildman–Crippen MR) is 70.0 cm³/mol. The molecule has 0 bridgehead atoms. The molecule has 0 amide bonds. The second-order valence-corrected chi connectivity index (χ2v) is 5.28. The topological polar surface area (TPSA) is 48.7 Å². The van der Waals surface area contributed by atoms with E-state index in [9.17, 15) is 4.39 Å². The molecule has 2 rings (SSSR count). The maximum atomic E-state index is 13.3. The van der Waals surface area contributed by atoms with Crippen molar-refractivity contribution in [2.24, 2.45) is 0 Å². The zero-order valence-electron chi connectivity index (χ0n) is 10.1. The normalized spacial score (nSPS) is 11.9. The van der Waals surface area contributed by atoms with Crippen LogP contribution in [0.1, 0.15) is 28.4 Å². The summed E-state index contributed by atoms with van der Waals surface area (Å²) in [5, 5.41) is 12.9. The Kier molecular flexibility index (Phi) is 3.58. The van der Waals surface area contributed by atoms with Crippen molar-refractivity contribution in [2.45, 2.75) is 19.9 Å². The minimum absolute atomic E-state index is 0.0166. The van der Waals surface area contributed by atoms with Crippen LogP contribution in [0.2, 0.25) is 0 Å². The van der Waals surface area contributed by atoms with E-state index in [2.05, 4.69) is 10.3 Å². The average Bonchev–Trinajstić information content (AvgIpc) is 2.75. The summed E-state index contributed by atoms with van der Waals surface area (Å²) in [7, 11) is 0. The van der Waals surface area contributed by atoms with Crippen molar-refractivity contribution in [3.63, 3.8) is 0 Å². The molecule has 0 aliphatic heterocycles. The molecule has 0 fully saturated rings. The first-order chi connectivity index (χ1) is 8.58. The van der Waals surface area contributed by atoms with Gasteiger partial charge in [-0.1, -0.05) is 0 Å². The summed E-state index contributed by atoms with van der Waals surface area (Å²) in [4.78, 5) is 5.41. The lowest BCUT2D eigenvalue weighted by Gasteiger charge is -2.13. The standard InChI is InChI=1S/C13H12FN3S/c1-8-7-16-13(18-8)9(2)17-12-4-10(6-15)3-11(14)5-12/h3-5,7,9,17H,1-2H3. The number of benzene rings is 1. The maximum Gasteiger partial charge on any atom is 0.126 e. The molecule has 1 atom stereocenters. The number of thiazole rings is 1. The second-order valence-electron chi connectivity index (χ2n) is 4.02. The predicted octanol–water partition coefficient (Wildman–Crippen LogP) is 3.64. The number of hydrogen-bond acceptors (Lipinski definition) is 4. The van der Waals surface area contributed by atoms with Crippen LogP contribution >= 0.6 is 11.3 Å². The summed E-state index contributed by atoms with van der Waals surface area (Å²) in [6, 6.07) is 6.13. The van der Waals surface area contributed by atoms with Gasteiger partial charge in [0.25, 0.3) is 0 Å². The van der Waals surface area contributed by atoms with Gasteiger partial charge in [0, 0.05) is 16.8 Å². The smallest absolute Gasteiger partial charge is 0.126 e. The lowest BCUT2D eigenvalue weighted by molar-refractivity contribution is 0.627. The van der Waals surface area contributed by atoms with Crippen molar-refractivity contribution < 1.29 is 4.39 Å². The highest BCUT2D eigenvalue weighted by Gasteiger charge is 2.10. The summed E-state index contributed by atoms with van der Waals surface area (Å²) < 4.78 is 13.3. The van der Waals surface area contributed by atoms with Crippen molar-refractivity contribution in [2.75, 3.05) is 5.32 Å². The number of aromatic nitrogens is 1. The quantitative estimate of drug-likeness (QED) is 0.917. The first-order valence-electron chi connectivity index (χ1n) is 5.48. The zero-order chi connectivity index (χ0) is 13.1. The van der Waals surface area contributed by atoms with E-state index in [-0.39, 0.29) is 6.04 Å². The van der Waals surface area contributed by atoms with Gasteiger partial charge in [-0.25, -0.2) is 9.37 Å². The summed E-state index contributed by atoms with van der Waals surface area (Å²) in [5.41, 5.74) is 0.895. The Balaban J connectivity index is 2.19. The molecular formula is C13H12FN3S. The van der Waals surface area contributed by atoms with Crippen LogP contribution in [0.4, 0.5) is 10.1 Å². The third-order valence-electron chi connectivity index (χ3n) is 2.42. The molecule has 0 saturated carbocycles. The molecule has 5 heteroatoms. The van der Waals surface area contributed by atoms with Crippen LogP contribution in [-0.4, -0.2) is 4.98 Å². The third kappa shape index (κ3) is 2.84. The van der Waals surface area contributed by atoms with Gasteiger partial charge < -0.3 is 5.32 Å². The Labute approximate surface area is 109 Å². The van der Waals surface area contributed by atoms with Gasteiger partial charge in [-0.2, -0.15) is 5.26 Å². The molecular weight excluding hydrogens is 249 g/mol. The number of hydrogen-bond donors (Lipinski definition) is 1. The Bertz CT molecular complexity index is 601. The fourth-order valence-corrected chi connectivity index (χ4v) is 2.40. The van der Waals surface area contributed by atoms with Gasteiger partial charge in [-0.15, -0.1) is 11.3 Å². The molecule has 0 aliphatic rings. The Morgan fingerprint density at radius 2 is 2.22 bits per heavy atom. The largest absolute Gasteiger partial charge is 0.376 e. The molecule has 3 nitrogen and oxygen atoms in total. The van der Waals surface area contributed by atoms with Gasteiger partial charge >= 0.3 is 0 Å². The molecule has 0 radical (unpaired) electrons. The Morgan fingerprint density at radius 3 is 2.83 bits per heavy atom. The molecule has 1 heterocycles. The Morgan fingerprint density at radius 1 is 1.44 bits per heavy atom. The lowest BCUT2D eigenvalue weighted by atomic mass is 10.2. The average molecular weight is 261 g/mol. The van der Waals surface area contributed by atoms with E-state index in [1.54, 1.807) is 17.4 Å². The van der Waals surface area contributed by atoms with Crippen LogP contribution in [0, 0.1) is 24.1 Å². The molecule has 1 N–H and O–H groups in total. The van der Waals surface area contributed by atoms with Gasteiger partial charge in [0.1, 0.15) is 10.8 Å². The lowest BCUT2D eigenvalue weighted by Crippen LogP contribution is -2.06. The number of nitrogens with zero attached hydrogens (tertiary/aromatic N) is 2. The number of halogens is 1. The van der Waals surface area contributed by atoms with Crippen LogP contribution in [0.5, 0.6) is 0 Å². The zero-order valence-corrected chi connectivity index (χ0v) is 10.9. The van der Waals surface area contributed by atoms with Gasteiger partial charge in [-0.3, -0.25) is 0 Å². The van der Waals surface area contributed by atoms with Gasteiger partial charge in [-0.05, 0) is 32.0 Å². The minimum Gasteiger partial charge on any atom is -0.376 e. The van der Waals surface area contributed by atoms with E-state index in [1.165, 1.54) is 12.1 Å². The molecule has 1 aromatic heterocycles. The van der Waals surface area contributed by atoms with Crippen LogP contribution in [0.3, 0.4) is 0 Å². The molecule has 92 valence electrons. The van der Waals surface area contributed by atoms with Crippen molar-refractivity contribution in [3.8, 4) is 6.07 Å². The highest BCUT2D eigenvalue weighted by Crippen LogP contribution is 2.24. The number of nitrogens with one attached hydrogen (secondary N) is 1. The molecule has 0 aliphatic carbocycles. The van der Waals surface area contributed by atoms with Crippen LogP contribution in [0.15, 0.2) is 24.4 Å².